The SMILES string of the molecule is NC(=O)OC1CCN(S(=O)(=O)c2cccc(OC3CN(C(c4ccccc4)c4ccccc4)C3)c2)CC1. The van der Waals surface area contributed by atoms with Crippen molar-refractivity contribution in [2.45, 2.75) is 36.0 Å². The van der Waals surface area contributed by atoms with Crippen molar-refractivity contribution in [3.05, 3.63) is 96.1 Å². The van der Waals surface area contributed by atoms with Gasteiger partial charge in [-0.15, -0.1) is 0 Å². The molecule has 8 nitrogen and oxygen atoms in total. The van der Waals surface area contributed by atoms with Crippen LogP contribution in [-0.4, -0.2) is 62.1 Å². The molecule has 0 unspecified atom stereocenters. The van der Waals surface area contributed by atoms with Crippen molar-refractivity contribution in [2.24, 2.45) is 5.73 Å². The lowest BCUT2D eigenvalue weighted by atomic mass is 9.94. The van der Waals surface area contributed by atoms with Gasteiger partial charge in [0.1, 0.15) is 18.0 Å². The minimum atomic E-state index is -3.69. The summed E-state index contributed by atoms with van der Waals surface area (Å²) in [6.45, 7) is 2.00. The summed E-state index contributed by atoms with van der Waals surface area (Å²) in [5.41, 5.74) is 7.54. The molecule has 3 aromatic rings. The van der Waals surface area contributed by atoms with Crippen LogP contribution in [0.2, 0.25) is 0 Å². The molecule has 0 atom stereocenters. The predicted molar refractivity (Wildman–Crippen MR) is 140 cm³/mol. The van der Waals surface area contributed by atoms with E-state index in [0.717, 1.165) is 13.1 Å². The van der Waals surface area contributed by atoms with Gasteiger partial charge in [-0.05, 0) is 36.1 Å². The summed E-state index contributed by atoms with van der Waals surface area (Å²) in [6.07, 6.45) is -0.384. The standard InChI is InChI=1S/C28H31N3O5S/c29-28(32)36-23-14-16-31(17-15-23)37(33,34)26-13-7-12-24(18-26)35-25-19-30(20-25)27(21-8-3-1-4-9-21)22-10-5-2-6-11-22/h1-13,18,23,25,27H,14-17,19-20H2,(H2,29,32). The second kappa shape index (κ2) is 10.9. The van der Waals surface area contributed by atoms with Crippen LogP contribution in [0.3, 0.4) is 0 Å². The molecule has 5 rings (SSSR count). The van der Waals surface area contributed by atoms with Gasteiger partial charge in [0, 0.05) is 32.2 Å². The number of nitrogens with zero attached hydrogens (tertiary/aromatic N) is 2. The quantitative estimate of drug-likeness (QED) is 0.484. The van der Waals surface area contributed by atoms with Gasteiger partial charge >= 0.3 is 6.09 Å². The Morgan fingerprint density at radius 1 is 0.838 bits per heavy atom. The molecule has 3 aromatic carbocycles. The van der Waals surface area contributed by atoms with Crippen molar-refractivity contribution in [2.75, 3.05) is 26.2 Å². The van der Waals surface area contributed by atoms with Gasteiger partial charge in [0.15, 0.2) is 0 Å². The number of hydrogen-bond donors (Lipinski definition) is 1. The lowest BCUT2D eigenvalue weighted by molar-refractivity contribution is 0.000159. The number of amides is 1. The van der Waals surface area contributed by atoms with E-state index in [0.29, 0.717) is 18.6 Å². The number of ether oxygens (including phenoxy) is 2. The van der Waals surface area contributed by atoms with Gasteiger partial charge in [0.05, 0.1) is 10.9 Å². The Morgan fingerprint density at radius 3 is 2.00 bits per heavy atom. The van der Waals surface area contributed by atoms with E-state index in [2.05, 4.69) is 53.4 Å². The van der Waals surface area contributed by atoms with Crippen molar-refractivity contribution in [3.8, 4) is 5.75 Å². The van der Waals surface area contributed by atoms with Crippen LogP contribution < -0.4 is 10.5 Å². The molecule has 37 heavy (non-hydrogen) atoms. The Bertz CT molecular complexity index is 1270. The normalized spacial score (nSPS) is 17.9. The first-order valence-corrected chi connectivity index (χ1v) is 13.9. The van der Waals surface area contributed by atoms with Crippen LogP contribution in [0.4, 0.5) is 4.79 Å². The third-order valence-electron chi connectivity index (χ3n) is 6.90. The Morgan fingerprint density at radius 2 is 1.43 bits per heavy atom. The van der Waals surface area contributed by atoms with Gasteiger partial charge in [0.2, 0.25) is 10.0 Å². The molecular formula is C28H31N3O5S. The van der Waals surface area contributed by atoms with Gasteiger partial charge in [0.25, 0.3) is 0 Å². The zero-order valence-corrected chi connectivity index (χ0v) is 21.3. The molecule has 2 saturated heterocycles. The molecule has 2 aliphatic heterocycles. The highest BCUT2D eigenvalue weighted by atomic mass is 32.2. The monoisotopic (exact) mass is 521 g/mol. The average Bonchev–Trinajstić information content (AvgIpc) is 2.89. The highest BCUT2D eigenvalue weighted by Gasteiger charge is 2.36. The number of carbonyl (C=O) groups is 1. The summed E-state index contributed by atoms with van der Waals surface area (Å²) in [5, 5.41) is 0. The van der Waals surface area contributed by atoms with Crippen molar-refractivity contribution in [1.82, 2.24) is 9.21 Å². The Kier molecular flexibility index (Phi) is 7.45. The fourth-order valence-electron chi connectivity index (χ4n) is 5.04. The summed E-state index contributed by atoms with van der Waals surface area (Å²) in [6, 6.07) is 27.6. The number of sulfonamides is 1. The molecule has 9 heteroatoms. The molecule has 2 N–H and O–H groups in total. The van der Waals surface area contributed by atoms with Crippen LogP contribution in [0.1, 0.15) is 30.0 Å². The smallest absolute Gasteiger partial charge is 0.404 e. The second-order valence-electron chi connectivity index (χ2n) is 9.43. The zero-order chi connectivity index (χ0) is 25.8. The van der Waals surface area contributed by atoms with Crippen molar-refractivity contribution in [1.29, 1.82) is 0 Å². The van der Waals surface area contributed by atoms with Gasteiger partial charge in [-0.25, -0.2) is 13.2 Å². The Labute approximate surface area is 217 Å². The van der Waals surface area contributed by atoms with Crippen LogP contribution in [0, 0.1) is 0 Å². The van der Waals surface area contributed by atoms with Crippen LogP contribution in [-0.2, 0) is 14.8 Å². The molecule has 0 spiro atoms. The molecule has 0 aliphatic carbocycles. The topological polar surface area (TPSA) is 102 Å². The Hall–Kier alpha value is -3.40. The van der Waals surface area contributed by atoms with Gasteiger partial charge in [-0.3, -0.25) is 4.90 Å². The lowest BCUT2D eigenvalue weighted by Crippen LogP contribution is -2.55. The van der Waals surface area contributed by atoms with Gasteiger partial charge < -0.3 is 15.2 Å². The van der Waals surface area contributed by atoms with E-state index in [-0.39, 0.29) is 36.2 Å². The fourth-order valence-corrected chi connectivity index (χ4v) is 6.55. The molecular weight excluding hydrogens is 490 g/mol. The van der Waals surface area contributed by atoms with Crippen LogP contribution >= 0.6 is 0 Å². The molecule has 2 aliphatic rings. The highest BCUT2D eigenvalue weighted by molar-refractivity contribution is 7.89. The number of rotatable bonds is 8. The maximum atomic E-state index is 13.2. The van der Waals surface area contributed by atoms with Gasteiger partial charge in [-0.2, -0.15) is 4.31 Å². The van der Waals surface area contributed by atoms with E-state index >= 15 is 0 Å². The fraction of sp³-hybridized carbons (Fsp3) is 0.321. The Balaban J connectivity index is 1.23. The van der Waals surface area contributed by atoms with E-state index in [1.807, 2.05) is 12.1 Å². The largest absolute Gasteiger partial charge is 0.488 e. The molecule has 0 saturated carbocycles. The van der Waals surface area contributed by atoms with Crippen molar-refractivity contribution >= 4 is 16.1 Å². The minimum Gasteiger partial charge on any atom is -0.488 e. The van der Waals surface area contributed by atoms with E-state index in [4.69, 9.17) is 15.2 Å². The first-order chi connectivity index (χ1) is 17.9. The van der Waals surface area contributed by atoms with E-state index in [1.165, 1.54) is 15.4 Å². The van der Waals surface area contributed by atoms with Gasteiger partial charge in [-0.1, -0.05) is 66.7 Å². The molecule has 2 fully saturated rings. The molecule has 194 valence electrons. The molecule has 1 amide bonds. The summed E-state index contributed by atoms with van der Waals surface area (Å²) < 4.78 is 39.1. The number of carbonyl (C=O) groups excluding carboxylic acids is 1. The van der Waals surface area contributed by atoms with Crippen LogP contribution in [0.5, 0.6) is 5.75 Å². The minimum absolute atomic E-state index is 0.0328. The van der Waals surface area contributed by atoms with Crippen LogP contribution in [0.25, 0.3) is 0 Å². The predicted octanol–water partition coefficient (Wildman–Crippen LogP) is 3.79. The summed E-state index contributed by atoms with van der Waals surface area (Å²) >= 11 is 0. The van der Waals surface area contributed by atoms with Crippen molar-refractivity contribution < 1.29 is 22.7 Å². The molecule has 2 heterocycles. The number of nitrogens with two attached hydrogens (primary N) is 1. The maximum absolute atomic E-state index is 13.2. The molecule has 0 bridgehead atoms. The highest BCUT2D eigenvalue weighted by Crippen LogP contribution is 2.34. The zero-order valence-electron chi connectivity index (χ0n) is 20.5. The number of primary amides is 1. The summed E-state index contributed by atoms with van der Waals surface area (Å²) in [5.74, 6) is 0.536. The summed E-state index contributed by atoms with van der Waals surface area (Å²) in [4.78, 5) is 13.5. The average molecular weight is 522 g/mol. The van der Waals surface area contributed by atoms with E-state index in [1.54, 1.807) is 24.3 Å². The van der Waals surface area contributed by atoms with E-state index < -0.39 is 16.1 Å². The third kappa shape index (κ3) is 5.79. The second-order valence-corrected chi connectivity index (χ2v) is 11.4. The molecule has 0 aromatic heterocycles. The number of likely N-dealkylation sites (tertiary alicyclic amines) is 1. The van der Waals surface area contributed by atoms with E-state index in [9.17, 15) is 13.2 Å². The number of hydrogen-bond acceptors (Lipinski definition) is 6. The lowest BCUT2D eigenvalue weighted by Gasteiger charge is -2.44. The summed E-state index contributed by atoms with van der Waals surface area (Å²) in [7, 11) is -3.69. The van der Waals surface area contributed by atoms with Crippen molar-refractivity contribution in [3.63, 3.8) is 0 Å². The number of piperidine rings is 1. The first kappa shape index (κ1) is 25.3. The molecule has 0 radical (unpaired) electrons. The third-order valence-corrected chi connectivity index (χ3v) is 8.80. The first-order valence-electron chi connectivity index (χ1n) is 12.5. The number of benzene rings is 3. The maximum Gasteiger partial charge on any atom is 0.404 e. The van der Waals surface area contributed by atoms with Crippen LogP contribution in [0.15, 0.2) is 89.8 Å².